The molecule has 1 rings (SSSR count). The number of hydrogen-bond acceptors (Lipinski definition) is 3. The van der Waals surface area contributed by atoms with E-state index in [9.17, 15) is 9.90 Å². The lowest BCUT2D eigenvalue weighted by molar-refractivity contribution is -0.154. The smallest absolute Gasteiger partial charge is 0.306 e. The van der Waals surface area contributed by atoms with Gasteiger partial charge in [-0.05, 0) is 38.0 Å². The number of esters is 1. The van der Waals surface area contributed by atoms with Gasteiger partial charge < -0.3 is 9.84 Å². The van der Waals surface area contributed by atoms with Crippen LogP contribution in [0.4, 0.5) is 0 Å². The van der Waals surface area contributed by atoms with Crippen molar-refractivity contribution in [2.75, 3.05) is 0 Å². The summed E-state index contributed by atoms with van der Waals surface area (Å²) in [7, 11) is 0. The zero-order chi connectivity index (χ0) is 16.0. The molecular formula is C18H32O3. The topological polar surface area (TPSA) is 46.5 Å². The summed E-state index contributed by atoms with van der Waals surface area (Å²) < 4.78 is 5.73. The molecule has 0 aliphatic carbocycles. The normalized spacial score (nSPS) is 36.0. The summed E-state index contributed by atoms with van der Waals surface area (Å²) in [6.45, 7) is 10.2. The predicted octanol–water partition coefficient (Wildman–Crippen LogP) is 4.10. The van der Waals surface area contributed by atoms with Crippen LogP contribution in [-0.2, 0) is 9.53 Å². The van der Waals surface area contributed by atoms with E-state index < -0.39 is 5.60 Å². The number of rotatable bonds is 2. The van der Waals surface area contributed by atoms with Gasteiger partial charge in [0.15, 0.2) is 0 Å². The van der Waals surface area contributed by atoms with Gasteiger partial charge in [-0.3, -0.25) is 4.79 Å². The number of carbonyl (C=O) groups is 1. The van der Waals surface area contributed by atoms with Crippen molar-refractivity contribution in [1.29, 1.82) is 0 Å². The Bertz CT molecular complexity index is 357. The molecule has 3 nitrogen and oxygen atoms in total. The fraction of sp³-hybridized carbons (Fsp3) is 0.833. The lowest BCUT2D eigenvalue weighted by Crippen LogP contribution is -2.31. The van der Waals surface area contributed by atoms with Gasteiger partial charge in [-0.15, -0.1) is 0 Å². The lowest BCUT2D eigenvalue weighted by atomic mass is 9.87. The maximum atomic E-state index is 12.2. The third kappa shape index (κ3) is 6.21. The van der Waals surface area contributed by atoms with Crippen LogP contribution in [0.15, 0.2) is 12.2 Å². The van der Waals surface area contributed by atoms with Crippen LogP contribution in [0.3, 0.4) is 0 Å². The average molecular weight is 296 g/mol. The first-order valence-corrected chi connectivity index (χ1v) is 8.33. The van der Waals surface area contributed by atoms with E-state index in [0.29, 0.717) is 18.8 Å². The van der Waals surface area contributed by atoms with Crippen LogP contribution in [0.2, 0.25) is 0 Å². The standard InChI is InChI=1S/C18H32O3/c1-6-15-9-11-18(5,20)10-7-8-14(4)17(13(2)3)21-16(19)12-15/h7-8,13-15,17,20H,6,9-12H2,1-5H3. The van der Waals surface area contributed by atoms with Gasteiger partial charge in [0.1, 0.15) is 6.10 Å². The van der Waals surface area contributed by atoms with E-state index in [1.807, 2.05) is 13.0 Å². The minimum absolute atomic E-state index is 0.0874. The van der Waals surface area contributed by atoms with Gasteiger partial charge in [-0.2, -0.15) is 0 Å². The second-order valence-corrected chi connectivity index (χ2v) is 7.20. The highest BCUT2D eigenvalue weighted by Crippen LogP contribution is 2.27. The number of ether oxygens (including phenoxy) is 1. The molecule has 0 aromatic carbocycles. The van der Waals surface area contributed by atoms with Crippen molar-refractivity contribution >= 4 is 5.97 Å². The van der Waals surface area contributed by atoms with E-state index in [1.54, 1.807) is 0 Å². The summed E-state index contributed by atoms with van der Waals surface area (Å²) in [6, 6.07) is 0. The van der Waals surface area contributed by atoms with E-state index in [2.05, 4.69) is 33.8 Å². The van der Waals surface area contributed by atoms with Crippen molar-refractivity contribution in [3.63, 3.8) is 0 Å². The van der Waals surface area contributed by atoms with E-state index >= 15 is 0 Å². The lowest BCUT2D eigenvalue weighted by Gasteiger charge is -2.29. The molecular weight excluding hydrogens is 264 g/mol. The highest BCUT2D eigenvalue weighted by molar-refractivity contribution is 5.70. The first kappa shape index (κ1) is 18.2. The molecule has 0 saturated carbocycles. The van der Waals surface area contributed by atoms with E-state index in [4.69, 9.17) is 4.74 Å². The van der Waals surface area contributed by atoms with Crippen molar-refractivity contribution in [2.24, 2.45) is 17.8 Å². The Balaban J connectivity index is 2.91. The summed E-state index contributed by atoms with van der Waals surface area (Å²) in [4.78, 5) is 12.2. The van der Waals surface area contributed by atoms with E-state index in [1.165, 1.54) is 0 Å². The highest BCUT2D eigenvalue weighted by Gasteiger charge is 2.27. The molecule has 0 amide bonds. The molecule has 1 heterocycles. The summed E-state index contributed by atoms with van der Waals surface area (Å²) >= 11 is 0. The molecule has 0 bridgehead atoms. The largest absolute Gasteiger partial charge is 0.461 e. The quantitative estimate of drug-likeness (QED) is 0.616. The van der Waals surface area contributed by atoms with Crippen LogP contribution in [-0.4, -0.2) is 22.8 Å². The van der Waals surface area contributed by atoms with Crippen molar-refractivity contribution in [2.45, 2.75) is 78.4 Å². The molecule has 0 aromatic rings. The van der Waals surface area contributed by atoms with Crippen LogP contribution in [0.5, 0.6) is 0 Å². The Labute approximate surface area is 129 Å². The Morgan fingerprint density at radius 2 is 2.14 bits per heavy atom. The first-order valence-electron chi connectivity index (χ1n) is 8.33. The molecule has 0 fully saturated rings. The van der Waals surface area contributed by atoms with Crippen LogP contribution in [0.25, 0.3) is 0 Å². The second kappa shape index (κ2) is 7.98. The van der Waals surface area contributed by atoms with Gasteiger partial charge in [0, 0.05) is 12.3 Å². The Hall–Kier alpha value is -0.830. The van der Waals surface area contributed by atoms with Crippen molar-refractivity contribution in [1.82, 2.24) is 0 Å². The fourth-order valence-electron chi connectivity index (χ4n) is 3.00. The molecule has 122 valence electrons. The zero-order valence-electron chi connectivity index (χ0n) is 14.3. The van der Waals surface area contributed by atoms with Gasteiger partial charge in [0.05, 0.1) is 5.60 Å². The monoisotopic (exact) mass is 296 g/mol. The number of carbonyl (C=O) groups excluding carboxylic acids is 1. The van der Waals surface area contributed by atoms with Crippen molar-refractivity contribution in [3.8, 4) is 0 Å². The van der Waals surface area contributed by atoms with E-state index in [0.717, 1.165) is 19.3 Å². The summed E-state index contributed by atoms with van der Waals surface area (Å²) in [6.07, 6.45) is 7.69. The predicted molar refractivity (Wildman–Crippen MR) is 85.9 cm³/mol. The molecule has 1 N–H and O–H groups in total. The fourth-order valence-corrected chi connectivity index (χ4v) is 3.00. The van der Waals surface area contributed by atoms with Gasteiger partial charge in [-0.1, -0.05) is 46.3 Å². The molecule has 0 aromatic heterocycles. The average Bonchev–Trinajstić information content (AvgIpc) is 2.39. The van der Waals surface area contributed by atoms with Gasteiger partial charge in [-0.25, -0.2) is 0 Å². The Morgan fingerprint density at radius 1 is 1.48 bits per heavy atom. The second-order valence-electron chi connectivity index (χ2n) is 7.20. The Kier molecular flexibility index (Phi) is 6.92. The molecule has 1 aliphatic rings. The molecule has 1 aliphatic heterocycles. The summed E-state index contributed by atoms with van der Waals surface area (Å²) in [5.74, 6) is 0.665. The molecule has 0 spiro atoms. The van der Waals surface area contributed by atoms with E-state index in [-0.39, 0.29) is 23.9 Å². The minimum atomic E-state index is -0.680. The van der Waals surface area contributed by atoms with Crippen LogP contribution in [0, 0.1) is 17.8 Å². The number of aliphatic hydroxyl groups is 1. The molecule has 4 unspecified atom stereocenters. The van der Waals surface area contributed by atoms with Crippen LogP contribution in [0.1, 0.15) is 66.7 Å². The highest BCUT2D eigenvalue weighted by atomic mass is 16.5. The molecule has 3 heteroatoms. The van der Waals surface area contributed by atoms with Gasteiger partial charge in [0.2, 0.25) is 0 Å². The molecule has 0 saturated heterocycles. The van der Waals surface area contributed by atoms with Gasteiger partial charge in [0.25, 0.3) is 0 Å². The minimum Gasteiger partial charge on any atom is -0.461 e. The molecule has 21 heavy (non-hydrogen) atoms. The maximum absolute atomic E-state index is 12.2. The van der Waals surface area contributed by atoms with Crippen LogP contribution >= 0.6 is 0 Å². The Morgan fingerprint density at radius 3 is 2.71 bits per heavy atom. The number of cyclic esters (lactones) is 1. The SMILES string of the molecule is CCC1CCC(C)(O)CC=CC(C)C(C(C)C)OC(=O)C1. The molecule has 0 radical (unpaired) electrons. The summed E-state index contributed by atoms with van der Waals surface area (Å²) in [5.41, 5.74) is -0.680. The number of hydrogen-bond donors (Lipinski definition) is 1. The van der Waals surface area contributed by atoms with Gasteiger partial charge >= 0.3 is 5.97 Å². The van der Waals surface area contributed by atoms with Crippen molar-refractivity contribution in [3.05, 3.63) is 12.2 Å². The zero-order valence-corrected chi connectivity index (χ0v) is 14.3. The summed E-state index contributed by atoms with van der Waals surface area (Å²) in [5, 5.41) is 10.4. The van der Waals surface area contributed by atoms with Crippen LogP contribution < -0.4 is 0 Å². The van der Waals surface area contributed by atoms with Crippen molar-refractivity contribution < 1.29 is 14.6 Å². The third-order valence-electron chi connectivity index (χ3n) is 4.56. The maximum Gasteiger partial charge on any atom is 0.306 e. The first-order chi connectivity index (χ1) is 9.75. The molecule has 4 atom stereocenters. The third-order valence-corrected chi connectivity index (χ3v) is 4.56.